The summed E-state index contributed by atoms with van der Waals surface area (Å²) in [4.78, 5) is 3.74. The maximum absolute atomic E-state index is 6.37. The van der Waals surface area contributed by atoms with E-state index in [0.29, 0.717) is 6.04 Å². The first-order valence-electron chi connectivity index (χ1n) is 7.25. The lowest BCUT2D eigenvalue weighted by molar-refractivity contribution is 0.165. The first-order chi connectivity index (χ1) is 10.0. The van der Waals surface area contributed by atoms with Crippen LogP contribution in [0.3, 0.4) is 0 Å². The van der Waals surface area contributed by atoms with E-state index in [9.17, 15) is 0 Å². The van der Waals surface area contributed by atoms with Crippen molar-refractivity contribution in [2.75, 3.05) is 7.05 Å². The van der Waals surface area contributed by atoms with E-state index >= 15 is 0 Å². The summed E-state index contributed by atoms with van der Waals surface area (Å²) < 4.78 is 0. The Balaban J connectivity index is 2.19. The first-order valence-corrected chi connectivity index (χ1v) is 8.50. The van der Waals surface area contributed by atoms with Crippen molar-refractivity contribution in [1.82, 2.24) is 4.90 Å². The molecule has 1 heterocycles. The maximum Gasteiger partial charge on any atom is 0.0511 e. The molecule has 0 saturated carbocycles. The van der Waals surface area contributed by atoms with Crippen LogP contribution < -0.4 is 5.73 Å². The molecule has 0 aliphatic rings. The highest BCUT2D eigenvalue weighted by Gasteiger charge is 2.26. The minimum Gasteiger partial charge on any atom is -0.326 e. The Morgan fingerprint density at radius 3 is 2.48 bits per heavy atom. The Labute approximate surface area is 136 Å². The topological polar surface area (TPSA) is 29.3 Å². The van der Waals surface area contributed by atoms with Crippen LogP contribution in [0.25, 0.3) is 0 Å². The van der Waals surface area contributed by atoms with Crippen LogP contribution in [0.2, 0.25) is 5.02 Å². The average molecular weight is 323 g/mol. The Kier molecular flexibility index (Phi) is 5.82. The van der Waals surface area contributed by atoms with E-state index < -0.39 is 0 Å². The number of likely N-dealkylation sites (N-methyl/N-ethyl adjacent to an activating group) is 1. The van der Waals surface area contributed by atoms with Crippen LogP contribution in [0.15, 0.2) is 41.8 Å². The van der Waals surface area contributed by atoms with Crippen molar-refractivity contribution in [1.29, 1.82) is 0 Å². The van der Waals surface area contributed by atoms with Gasteiger partial charge in [-0.25, -0.2) is 0 Å². The van der Waals surface area contributed by atoms with Gasteiger partial charge < -0.3 is 5.73 Å². The second-order valence-electron chi connectivity index (χ2n) is 5.62. The van der Waals surface area contributed by atoms with Gasteiger partial charge in [0.15, 0.2) is 0 Å². The number of nitrogens with zero attached hydrogens (tertiary/aromatic N) is 1. The fourth-order valence-corrected chi connectivity index (χ4v) is 3.80. The third-order valence-electron chi connectivity index (χ3n) is 3.93. The molecule has 0 aliphatic carbocycles. The van der Waals surface area contributed by atoms with Gasteiger partial charge in [0.05, 0.1) is 6.04 Å². The smallest absolute Gasteiger partial charge is 0.0511 e. The van der Waals surface area contributed by atoms with Gasteiger partial charge in [-0.15, -0.1) is 11.3 Å². The summed E-state index contributed by atoms with van der Waals surface area (Å²) in [7, 11) is 2.13. The summed E-state index contributed by atoms with van der Waals surface area (Å²) in [5.74, 6) is 0. The maximum atomic E-state index is 6.37. The van der Waals surface area contributed by atoms with Crippen molar-refractivity contribution < 1.29 is 0 Å². The van der Waals surface area contributed by atoms with Gasteiger partial charge in [0, 0.05) is 22.0 Å². The van der Waals surface area contributed by atoms with Crippen LogP contribution in [-0.4, -0.2) is 24.0 Å². The zero-order valence-electron chi connectivity index (χ0n) is 12.8. The lowest BCUT2D eigenvalue weighted by Gasteiger charge is -2.36. The molecule has 0 radical (unpaired) electrons. The minimum absolute atomic E-state index is 0.0145. The zero-order chi connectivity index (χ0) is 15.4. The number of halogens is 1. The summed E-state index contributed by atoms with van der Waals surface area (Å²) >= 11 is 8.18. The highest BCUT2D eigenvalue weighted by molar-refractivity contribution is 7.09. The Bertz CT molecular complexity index is 554. The number of rotatable bonds is 6. The van der Waals surface area contributed by atoms with E-state index in [1.807, 2.05) is 25.1 Å². The number of benzene rings is 1. The molecule has 0 aliphatic heterocycles. The number of nitrogens with two attached hydrogens (primary N) is 1. The molecule has 21 heavy (non-hydrogen) atoms. The molecule has 4 heteroatoms. The van der Waals surface area contributed by atoms with Crippen LogP contribution in [-0.2, 0) is 6.42 Å². The first kappa shape index (κ1) is 16.5. The van der Waals surface area contributed by atoms with Gasteiger partial charge in [0.25, 0.3) is 0 Å². The van der Waals surface area contributed by atoms with Crippen molar-refractivity contribution in [3.8, 4) is 0 Å². The average Bonchev–Trinajstić information content (AvgIpc) is 2.93. The summed E-state index contributed by atoms with van der Waals surface area (Å²) in [6.07, 6.45) is 1.03. The lowest BCUT2D eigenvalue weighted by atomic mass is 9.97. The van der Waals surface area contributed by atoms with Gasteiger partial charge in [-0.2, -0.15) is 0 Å². The molecule has 114 valence electrons. The van der Waals surface area contributed by atoms with Crippen molar-refractivity contribution in [2.45, 2.75) is 38.4 Å². The van der Waals surface area contributed by atoms with Crippen molar-refractivity contribution >= 4 is 22.9 Å². The fourth-order valence-electron chi connectivity index (χ4n) is 2.73. The highest BCUT2D eigenvalue weighted by Crippen LogP contribution is 2.30. The summed E-state index contributed by atoms with van der Waals surface area (Å²) in [5.41, 5.74) is 7.36. The van der Waals surface area contributed by atoms with Gasteiger partial charge >= 0.3 is 0 Å². The van der Waals surface area contributed by atoms with Gasteiger partial charge in [0.1, 0.15) is 0 Å². The quantitative estimate of drug-likeness (QED) is 0.856. The molecule has 0 bridgehead atoms. The second kappa shape index (κ2) is 7.41. The standard InChI is InChI=1S/C17H23ClN2S/c1-12(11-14-7-6-10-21-14)20(3)17(13(2)19)15-8-4-5-9-16(15)18/h4-10,12-13,17H,11,19H2,1-3H3. The predicted molar refractivity (Wildman–Crippen MR) is 93.1 cm³/mol. The fraction of sp³-hybridized carbons (Fsp3) is 0.412. The molecular formula is C17H23ClN2S. The molecule has 2 aromatic rings. The van der Waals surface area contributed by atoms with Crippen LogP contribution in [0.5, 0.6) is 0 Å². The molecule has 1 aromatic heterocycles. The molecule has 0 saturated heterocycles. The van der Waals surface area contributed by atoms with Crippen LogP contribution in [0, 0.1) is 0 Å². The number of thiophene rings is 1. The van der Waals surface area contributed by atoms with E-state index in [4.69, 9.17) is 17.3 Å². The minimum atomic E-state index is 0.0145. The molecule has 3 unspecified atom stereocenters. The molecule has 0 amide bonds. The number of hydrogen-bond acceptors (Lipinski definition) is 3. The molecule has 2 nitrogen and oxygen atoms in total. The summed E-state index contributed by atoms with van der Waals surface area (Å²) in [6.45, 7) is 4.29. The van der Waals surface area contributed by atoms with Gasteiger partial charge in [-0.1, -0.05) is 35.9 Å². The second-order valence-corrected chi connectivity index (χ2v) is 7.06. The molecule has 1 aromatic carbocycles. The summed E-state index contributed by atoms with van der Waals surface area (Å²) in [6, 6.07) is 12.8. The SMILES string of the molecule is CC(N)C(c1ccccc1Cl)N(C)C(C)Cc1cccs1. The Hall–Kier alpha value is -0.870. The predicted octanol–water partition coefficient (Wildman–Crippen LogP) is 4.35. The van der Waals surface area contributed by atoms with E-state index in [1.54, 1.807) is 11.3 Å². The largest absolute Gasteiger partial charge is 0.326 e. The van der Waals surface area contributed by atoms with E-state index in [-0.39, 0.29) is 12.1 Å². The lowest BCUT2D eigenvalue weighted by Crippen LogP contribution is -2.42. The number of hydrogen-bond donors (Lipinski definition) is 1. The van der Waals surface area contributed by atoms with Gasteiger partial charge in [-0.05, 0) is 50.4 Å². The van der Waals surface area contributed by atoms with Gasteiger partial charge in [0.2, 0.25) is 0 Å². The van der Waals surface area contributed by atoms with Crippen molar-refractivity contribution in [3.63, 3.8) is 0 Å². The third kappa shape index (κ3) is 4.07. The normalized spacial score (nSPS) is 15.9. The third-order valence-corrected chi connectivity index (χ3v) is 5.18. The van der Waals surface area contributed by atoms with Crippen LogP contribution in [0.4, 0.5) is 0 Å². The molecule has 0 spiro atoms. The highest BCUT2D eigenvalue weighted by atomic mass is 35.5. The van der Waals surface area contributed by atoms with E-state index in [2.05, 4.69) is 42.5 Å². The van der Waals surface area contributed by atoms with Crippen LogP contribution in [0.1, 0.15) is 30.3 Å². The molecule has 0 fully saturated rings. The van der Waals surface area contributed by atoms with E-state index in [1.165, 1.54) is 4.88 Å². The van der Waals surface area contributed by atoms with Crippen molar-refractivity contribution in [2.24, 2.45) is 5.73 Å². The van der Waals surface area contributed by atoms with Crippen LogP contribution >= 0.6 is 22.9 Å². The van der Waals surface area contributed by atoms with Crippen molar-refractivity contribution in [3.05, 3.63) is 57.2 Å². The van der Waals surface area contributed by atoms with Gasteiger partial charge in [-0.3, -0.25) is 4.90 Å². The molecule has 2 N–H and O–H groups in total. The zero-order valence-corrected chi connectivity index (χ0v) is 14.4. The molecular weight excluding hydrogens is 300 g/mol. The molecule has 2 rings (SSSR count). The molecule has 3 atom stereocenters. The van der Waals surface area contributed by atoms with E-state index in [0.717, 1.165) is 17.0 Å². The Morgan fingerprint density at radius 1 is 1.19 bits per heavy atom. The monoisotopic (exact) mass is 322 g/mol. The Morgan fingerprint density at radius 2 is 1.90 bits per heavy atom. The summed E-state index contributed by atoms with van der Waals surface area (Å²) in [5, 5.41) is 2.91.